The van der Waals surface area contributed by atoms with E-state index < -0.39 is 11.7 Å². The Bertz CT molecular complexity index is 1000. The average Bonchev–Trinajstić information content (AvgIpc) is 3.07. The van der Waals surface area contributed by atoms with Crippen molar-refractivity contribution in [3.63, 3.8) is 0 Å². The van der Waals surface area contributed by atoms with Gasteiger partial charge in [-0.05, 0) is 64.0 Å². The quantitative estimate of drug-likeness (QED) is 0.539. The molecule has 178 valence electrons. The fourth-order valence-corrected chi connectivity index (χ4v) is 5.93. The second-order valence-corrected chi connectivity index (χ2v) is 10.3. The Morgan fingerprint density at radius 1 is 1.19 bits per heavy atom. The Hall–Kier alpha value is -1.32. The van der Waals surface area contributed by atoms with Crippen molar-refractivity contribution in [1.29, 1.82) is 0 Å². The number of halogens is 4. The van der Waals surface area contributed by atoms with Crippen LogP contribution in [-0.4, -0.2) is 45.8 Å². The van der Waals surface area contributed by atoms with E-state index in [2.05, 4.69) is 39.7 Å². The first kappa shape index (κ1) is 23.8. The third-order valence-corrected chi connectivity index (χ3v) is 7.93. The van der Waals surface area contributed by atoms with E-state index in [9.17, 15) is 18.0 Å². The molecule has 2 aliphatic rings. The van der Waals surface area contributed by atoms with Gasteiger partial charge in [-0.1, -0.05) is 22.9 Å². The van der Waals surface area contributed by atoms with Gasteiger partial charge in [-0.2, -0.15) is 13.2 Å². The van der Waals surface area contributed by atoms with Crippen molar-refractivity contribution in [3.8, 4) is 0 Å². The van der Waals surface area contributed by atoms with Crippen molar-refractivity contribution < 1.29 is 17.9 Å². The van der Waals surface area contributed by atoms with Crippen LogP contribution >= 0.6 is 15.9 Å². The largest absolute Gasteiger partial charge is 0.417 e. The van der Waals surface area contributed by atoms with Gasteiger partial charge in [0.05, 0.1) is 22.7 Å². The topological polar surface area (TPSA) is 50.3 Å². The molecule has 9 heteroatoms. The van der Waals surface area contributed by atoms with E-state index in [0.717, 1.165) is 70.7 Å². The van der Waals surface area contributed by atoms with Crippen LogP contribution in [0.2, 0.25) is 0 Å². The van der Waals surface area contributed by atoms with E-state index in [1.54, 1.807) is 4.57 Å². The SMILES string of the molecule is CCCO[C@H]1CC[C@@](C)(N2CCC(n3c(=O)[nH]c4cc(C(F)(F)F)c(Br)cc43)CC2)CC1. The third-order valence-electron chi connectivity index (χ3n) is 7.27. The Labute approximate surface area is 194 Å². The van der Waals surface area contributed by atoms with Crippen molar-refractivity contribution in [2.75, 3.05) is 19.7 Å². The first-order valence-corrected chi connectivity index (χ1v) is 12.3. The summed E-state index contributed by atoms with van der Waals surface area (Å²) >= 11 is 3.04. The number of nitrogens with zero attached hydrogens (tertiary/aromatic N) is 2. The Morgan fingerprint density at radius 2 is 1.84 bits per heavy atom. The zero-order chi connectivity index (χ0) is 23.1. The zero-order valence-electron chi connectivity index (χ0n) is 18.6. The smallest absolute Gasteiger partial charge is 0.378 e. The summed E-state index contributed by atoms with van der Waals surface area (Å²) in [4.78, 5) is 17.8. The number of H-pyrrole nitrogens is 1. The molecule has 5 nitrogen and oxygen atoms in total. The fraction of sp³-hybridized carbons (Fsp3) is 0.696. The van der Waals surface area contributed by atoms with Crippen molar-refractivity contribution in [2.45, 2.75) is 82.7 Å². The molecule has 2 aromatic rings. The third kappa shape index (κ3) is 4.66. The van der Waals surface area contributed by atoms with Gasteiger partial charge < -0.3 is 9.72 Å². The maximum absolute atomic E-state index is 13.2. The maximum atomic E-state index is 13.2. The number of aromatic nitrogens is 2. The number of ether oxygens (including phenoxy) is 1. The van der Waals surface area contributed by atoms with E-state index in [4.69, 9.17) is 4.74 Å². The van der Waals surface area contributed by atoms with Gasteiger partial charge in [0.25, 0.3) is 0 Å². The van der Waals surface area contributed by atoms with E-state index >= 15 is 0 Å². The molecule has 0 atom stereocenters. The molecule has 0 unspecified atom stereocenters. The van der Waals surface area contributed by atoms with E-state index in [0.29, 0.717) is 11.6 Å². The number of fused-ring (bicyclic) bond motifs is 1. The number of alkyl halides is 3. The van der Waals surface area contributed by atoms with Crippen molar-refractivity contribution in [3.05, 3.63) is 32.7 Å². The summed E-state index contributed by atoms with van der Waals surface area (Å²) in [6, 6.07) is 2.41. The molecule has 1 saturated heterocycles. The lowest BCUT2D eigenvalue weighted by molar-refractivity contribution is -0.138. The highest BCUT2D eigenvalue weighted by atomic mass is 79.9. The summed E-state index contributed by atoms with van der Waals surface area (Å²) in [5.41, 5.74) is -0.227. The minimum atomic E-state index is -4.48. The predicted octanol–water partition coefficient (Wildman–Crippen LogP) is 5.88. The van der Waals surface area contributed by atoms with E-state index in [1.165, 1.54) is 6.07 Å². The van der Waals surface area contributed by atoms with E-state index in [-0.39, 0.29) is 27.3 Å². The molecule has 4 rings (SSSR count). The van der Waals surface area contributed by atoms with Gasteiger partial charge in [-0.25, -0.2) is 4.79 Å². The summed E-state index contributed by atoms with van der Waals surface area (Å²) < 4.78 is 47.3. The first-order valence-electron chi connectivity index (χ1n) is 11.5. The Kier molecular flexibility index (Phi) is 6.81. The van der Waals surface area contributed by atoms with Crippen LogP contribution in [0.3, 0.4) is 0 Å². The number of piperidine rings is 1. The van der Waals surface area contributed by atoms with Crippen molar-refractivity contribution in [1.82, 2.24) is 14.5 Å². The number of rotatable bonds is 5. The number of nitrogens with one attached hydrogen (secondary N) is 1. The molecular weight excluding hydrogens is 487 g/mol. The predicted molar refractivity (Wildman–Crippen MR) is 122 cm³/mol. The van der Waals surface area contributed by atoms with Crippen molar-refractivity contribution in [2.24, 2.45) is 0 Å². The Balaban J connectivity index is 1.46. The number of likely N-dealkylation sites (tertiary alicyclic amines) is 1. The van der Waals surface area contributed by atoms with Crippen LogP contribution in [-0.2, 0) is 10.9 Å². The lowest BCUT2D eigenvalue weighted by Gasteiger charge is -2.48. The van der Waals surface area contributed by atoms with Crippen LogP contribution in [0.5, 0.6) is 0 Å². The molecule has 1 N–H and O–H groups in total. The molecule has 1 aliphatic heterocycles. The Morgan fingerprint density at radius 3 is 2.44 bits per heavy atom. The van der Waals surface area contributed by atoms with E-state index in [1.807, 2.05) is 0 Å². The van der Waals surface area contributed by atoms with Gasteiger partial charge >= 0.3 is 11.9 Å². The van der Waals surface area contributed by atoms with Crippen LogP contribution in [0.15, 0.2) is 21.4 Å². The summed E-state index contributed by atoms with van der Waals surface area (Å²) in [6.07, 6.45) is 2.90. The molecule has 32 heavy (non-hydrogen) atoms. The van der Waals surface area contributed by atoms with Crippen LogP contribution in [0.25, 0.3) is 11.0 Å². The molecule has 1 aromatic carbocycles. The molecule has 2 heterocycles. The normalized spacial score (nSPS) is 26.1. The maximum Gasteiger partial charge on any atom is 0.417 e. The van der Waals surface area contributed by atoms with Crippen molar-refractivity contribution >= 4 is 27.0 Å². The molecule has 1 aromatic heterocycles. The van der Waals surface area contributed by atoms with Gasteiger partial charge in [0, 0.05) is 35.7 Å². The standard InChI is InChI=1S/C23H31BrF3N3O2/c1-3-12-32-16-4-8-22(2,9-5-16)29-10-6-15(7-11-29)30-20-14-18(24)17(23(25,26)27)13-19(20)28-21(30)31/h13-16H,3-12H2,1-2H3,(H,28,31)/t16-,22+. The number of aromatic amines is 1. The average molecular weight is 518 g/mol. The number of hydrogen-bond acceptors (Lipinski definition) is 3. The highest BCUT2D eigenvalue weighted by Crippen LogP contribution is 2.40. The molecule has 1 aliphatic carbocycles. The summed E-state index contributed by atoms with van der Waals surface area (Å²) in [7, 11) is 0. The van der Waals surface area contributed by atoms with Gasteiger partial charge in [0.2, 0.25) is 0 Å². The van der Waals surface area contributed by atoms with Crippen LogP contribution in [0.1, 0.15) is 70.4 Å². The molecule has 0 spiro atoms. The first-order chi connectivity index (χ1) is 15.1. The summed E-state index contributed by atoms with van der Waals surface area (Å²) in [5, 5.41) is 0. The lowest BCUT2D eigenvalue weighted by atomic mass is 9.79. The number of hydrogen-bond donors (Lipinski definition) is 1. The van der Waals surface area contributed by atoms with Gasteiger partial charge in [0.1, 0.15) is 0 Å². The summed E-state index contributed by atoms with van der Waals surface area (Å²) in [6.45, 7) is 7.04. The molecule has 0 radical (unpaired) electrons. The van der Waals surface area contributed by atoms with Gasteiger partial charge in [-0.15, -0.1) is 0 Å². The highest BCUT2D eigenvalue weighted by Gasteiger charge is 2.39. The minimum absolute atomic E-state index is 0.0241. The lowest BCUT2D eigenvalue weighted by Crippen LogP contribution is -2.53. The van der Waals surface area contributed by atoms with Gasteiger partial charge in [-0.3, -0.25) is 9.47 Å². The molecule has 0 bridgehead atoms. The van der Waals surface area contributed by atoms with Crippen LogP contribution < -0.4 is 5.69 Å². The molecule has 0 amide bonds. The highest BCUT2D eigenvalue weighted by molar-refractivity contribution is 9.10. The van der Waals surface area contributed by atoms with Crippen LogP contribution in [0, 0.1) is 0 Å². The second-order valence-electron chi connectivity index (χ2n) is 9.43. The molecule has 2 fully saturated rings. The molecular formula is C23H31BrF3N3O2. The van der Waals surface area contributed by atoms with Gasteiger partial charge in [0.15, 0.2) is 0 Å². The number of benzene rings is 1. The minimum Gasteiger partial charge on any atom is -0.378 e. The fourth-order valence-electron chi connectivity index (χ4n) is 5.37. The monoisotopic (exact) mass is 517 g/mol. The van der Waals surface area contributed by atoms with Crippen LogP contribution in [0.4, 0.5) is 13.2 Å². The number of imidazole rings is 1. The second kappa shape index (κ2) is 9.14. The zero-order valence-corrected chi connectivity index (χ0v) is 20.2. The molecule has 1 saturated carbocycles. The summed E-state index contributed by atoms with van der Waals surface area (Å²) in [5.74, 6) is 0.